The number of nitrogens with zero attached hydrogens (tertiary/aromatic N) is 2. The molecule has 2 aliphatic rings. The quantitative estimate of drug-likeness (QED) is 0.912. The fraction of sp³-hybridized carbons (Fsp3) is 0.632. The van der Waals surface area contributed by atoms with Gasteiger partial charge in [-0.05, 0) is 51.2 Å². The van der Waals surface area contributed by atoms with Crippen LogP contribution in [0.25, 0.3) is 0 Å². The number of aromatic nitrogens is 1. The zero-order valence-electron chi connectivity index (χ0n) is 15.5. The van der Waals surface area contributed by atoms with E-state index in [9.17, 15) is 9.59 Å². The van der Waals surface area contributed by atoms with Gasteiger partial charge in [0.05, 0.1) is 18.4 Å². The van der Waals surface area contributed by atoms with E-state index in [4.69, 9.17) is 4.74 Å². The standard InChI is InChI=1S/C19H27N3O3/c1-12(13-5-6-13)17(23)21-15-9-14-11-22(8-7-16(14)20-10-15)18(24)25-19(2,3)4/h9-10,12-13H,5-8,11H2,1-4H3,(H,21,23). The van der Waals surface area contributed by atoms with E-state index < -0.39 is 5.60 Å². The minimum absolute atomic E-state index is 0.0364. The summed E-state index contributed by atoms with van der Waals surface area (Å²) in [7, 11) is 0. The van der Waals surface area contributed by atoms with E-state index in [-0.39, 0.29) is 17.9 Å². The highest BCUT2D eigenvalue weighted by molar-refractivity contribution is 5.92. The van der Waals surface area contributed by atoms with Gasteiger partial charge in [-0.25, -0.2) is 4.79 Å². The fourth-order valence-electron chi connectivity index (χ4n) is 3.04. The Morgan fingerprint density at radius 1 is 1.36 bits per heavy atom. The number of ether oxygens (including phenoxy) is 1. The Morgan fingerprint density at radius 3 is 2.72 bits per heavy atom. The maximum absolute atomic E-state index is 12.3. The van der Waals surface area contributed by atoms with Crippen molar-refractivity contribution in [2.45, 2.75) is 59.1 Å². The van der Waals surface area contributed by atoms with E-state index >= 15 is 0 Å². The van der Waals surface area contributed by atoms with Crippen molar-refractivity contribution < 1.29 is 14.3 Å². The summed E-state index contributed by atoms with van der Waals surface area (Å²) in [6.07, 6.45) is 4.37. The van der Waals surface area contributed by atoms with Crippen LogP contribution in [0.5, 0.6) is 0 Å². The number of hydrogen-bond donors (Lipinski definition) is 1. The summed E-state index contributed by atoms with van der Waals surface area (Å²) in [6, 6.07) is 1.93. The fourth-order valence-corrected chi connectivity index (χ4v) is 3.04. The van der Waals surface area contributed by atoms with Crippen LogP contribution in [-0.2, 0) is 22.5 Å². The van der Waals surface area contributed by atoms with Crippen molar-refractivity contribution >= 4 is 17.7 Å². The third-order valence-electron chi connectivity index (χ3n) is 4.70. The van der Waals surface area contributed by atoms with Crippen LogP contribution >= 0.6 is 0 Å². The van der Waals surface area contributed by atoms with Crippen LogP contribution in [0.3, 0.4) is 0 Å². The zero-order valence-corrected chi connectivity index (χ0v) is 15.5. The van der Waals surface area contributed by atoms with Crippen molar-refractivity contribution in [1.82, 2.24) is 9.88 Å². The molecule has 1 fully saturated rings. The third kappa shape index (κ3) is 4.50. The highest BCUT2D eigenvalue weighted by atomic mass is 16.6. The molecule has 136 valence electrons. The molecule has 2 heterocycles. The van der Waals surface area contributed by atoms with E-state index in [1.54, 1.807) is 11.1 Å². The molecule has 3 rings (SSSR count). The number of carbonyl (C=O) groups excluding carboxylic acids is 2. The Balaban J connectivity index is 1.66. The Labute approximate surface area is 148 Å². The van der Waals surface area contributed by atoms with Gasteiger partial charge in [0, 0.05) is 24.6 Å². The van der Waals surface area contributed by atoms with Crippen molar-refractivity contribution in [3.8, 4) is 0 Å². The highest BCUT2D eigenvalue weighted by Crippen LogP contribution is 2.37. The second-order valence-corrected chi connectivity index (χ2v) is 8.10. The SMILES string of the molecule is CC(C(=O)Nc1cnc2c(c1)CN(C(=O)OC(C)(C)C)CC2)C1CC1. The number of nitrogens with one attached hydrogen (secondary N) is 1. The minimum atomic E-state index is -0.510. The first kappa shape index (κ1) is 17.7. The largest absolute Gasteiger partial charge is 0.444 e. The third-order valence-corrected chi connectivity index (χ3v) is 4.70. The molecular weight excluding hydrogens is 318 g/mol. The van der Waals surface area contributed by atoms with Gasteiger partial charge in [-0.3, -0.25) is 9.78 Å². The van der Waals surface area contributed by atoms with Gasteiger partial charge in [0.1, 0.15) is 5.60 Å². The lowest BCUT2D eigenvalue weighted by molar-refractivity contribution is -0.119. The van der Waals surface area contributed by atoms with Gasteiger partial charge < -0.3 is 15.0 Å². The molecule has 0 saturated heterocycles. The molecule has 1 N–H and O–H groups in total. The van der Waals surface area contributed by atoms with Crippen LogP contribution < -0.4 is 5.32 Å². The summed E-state index contributed by atoms with van der Waals surface area (Å²) in [5.74, 6) is 0.603. The van der Waals surface area contributed by atoms with Gasteiger partial charge in [-0.1, -0.05) is 6.92 Å². The number of pyridine rings is 1. The molecule has 6 heteroatoms. The number of anilines is 1. The number of carbonyl (C=O) groups is 2. The first-order valence-electron chi connectivity index (χ1n) is 8.99. The van der Waals surface area contributed by atoms with Gasteiger partial charge >= 0.3 is 6.09 Å². The first-order valence-corrected chi connectivity index (χ1v) is 8.99. The van der Waals surface area contributed by atoms with E-state index in [1.807, 2.05) is 33.8 Å². The monoisotopic (exact) mass is 345 g/mol. The molecule has 1 aliphatic carbocycles. The van der Waals surface area contributed by atoms with Crippen LogP contribution in [0.15, 0.2) is 12.3 Å². The van der Waals surface area contributed by atoms with Crippen molar-refractivity contribution in [2.75, 3.05) is 11.9 Å². The molecule has 2 amide bonds. The molecule has 1 aromatic heterocycles. The summed E-state index contributed by atoms with van der Waals surface area (Å²) < 4.78 is 5.45. The maximum Gasteiger partial charge on any atom is 0.410 e. The lowest BCUT2D eigenvalue weighted by atomic mass is 10.0. The highest BCUT2D eigenvalue weighted by Gasteiger charge is 2.33. The molecule has 25 heavy (non-hydrogen) atoms. The molecule has 0 bridgehead atoms. The summed E-state index contributed by atoms with van der Waals surface area (Å²) in [5, 5.41) is 2.96. The molecule has 6 nitrogen and oxygen atoms in total. The smallest absolute Gasteiger partial charge is 0.410 e. The number of hydrogen-bond acceptors (Lipinski definition) is 4. The van der Waals surface area contributed by atoms with Crippen molar-refractivity contribution in [2.24, 2.45) is 11.8 Å². The average Bonchev–Trinajstić information content (AvgIpc) is 3.36. The zero-order chi connectivity index (χ0) is 18.2. The molecule has 0 aromatic carbocycles. The van der Waals surface area contributed by atoms with E-state index in [0.717, 1.165) is 24.1 Å². The summed E-state index contributed by atoms with van der Waals surface area (Å²) in [5.41, 5.74) is 2.13. The van der Waals surface area contributed by atoms with Crippen LogP contribution in [0.2, 0.25) is 0 Å². The van der Waals surface area contributed by atoms with Crippen molar-refractivity contribution in [3.05, 3.63) is 23.5 Å². The normalized spacial score (nSPS) is 18.3. The topological polar surface area (TPSA) is 71.5 Å². The molecular formula is C19H27N3O3. The Bertz CT molecular complexity index is 677. The second kappa shape index (κ2) is 6.65. The second-order valence-electron chi connectivity index (χ2n) is 8.10. The van der Waals surface area contributed by atoms with Gasteiger partial charge in [-0.2, -0.15) is 0 Å². The molecule has 1 unspecified atom stereocenters. The average molecular weight is 345 g/mol. The van der Waals surface area contributed by atoms with Crippen LogP contribution in [0.1, 0.15) is 51.8 Å². The molecule has 1 aromatic rings. The molecule has 0 radical (unpaired) electrons. The number of rotatable bonds is 3. The van der Waals surface area contributed by atoms with Crippen LogP contribution in [-0.4, -0.2) is 34.0 Å². The summed E-state index contributed by atoms with van der Waals surface area (Å²) in [6.45, 7) is 8.61. The lowest BCUT2D eigenvalue weighted by Crippen LogP contribution is -2.40. The van der Waals surface area contributed by atoms with Gasteiger partial charge in [0.15, 0.2) is 0 Å². The maximum atomic E-state index is 12.3. The first-order chi connectivity index (χ1) is 11.7. The molecule has 1 aliphatic heterocycles. The lowest BCUT2D eigenvalue weighted by Gasteiger charge is -2.31. The summed E-state index contributed by atoms with van der Waals surface area (Å²) in [4.78, 5) is 30.7. The van der Waals surface area contributed by atoms with Gasteiger partial charge in [0.25, 0.3) is 0 Å². The van der Waals surface area contributed by atoms with Crippen LogP contribution in [0, 0.1) is 11.8 Å². The predicted molar refractivity (Wildman–Crippen MR) is 95.1 cm³/mol. The van der Waals surface area contributed by atoms with Gasteiger partial charge in [0.2, 0.25) is 5.91 Å². The molecule has 1 saturated carbocycles. The predicted octanol–water partition coefficient (Wildman–Crippen LogP) is 3.36. The summed E-state index contributed by atoms with van der Waals surface area (Å²) >= 11 is 0. The Hall–Kier alpha value is -2.11. The number of fused-ring (bicyclic) bond motifs is 1. The molecule has 0 spiro atoms. The van der Waals surface area contributed by atoms with Crippen LogP contribution in [0.4, 0.5) is 10.5 Å². The van der Waals surface area contributed by atoms with Gasteiger partial charge in [-0.15, -0.1) is 0 Å². The molecule has 1 atom stereocenters. The van der Waals surface area contributed by atoms with E-state index in [1.165, 1.54) is 0 Å². The van der Waals surface area contributed by atoms with Crippen molar-refractivity contribution in [3.63, 3.8) is 0 Å². The van der Waals surface area contributed by atoms with E-state index in [2.05, 4.69) is 10.3 Å². The number of amides is 2. The van der Waals surface area contributed by atoms with E-state index in [0.29, 0.717) is 31.1 Å². The van der Waals surface area contributed by atoms with Crippen molar-refractivity contribution in [1.29, 1.82) is 0 Å². The minimum Gasteiger partial charge on any atom is -0.444 e. The Kier molecular flexibility index (Phi) is 4.71. The Morgan fingerprint density at radius 2 is 2.08 bits per heavy atom.